The minimum Gasteiger partial charge on any atom is -0.457 e. The van der Waals surface area contributed by atoms with Gasteiger partial charge in [-0.15, -0.1) is 0 Å². The first kappa shape index (κ1) is 33.7. The lowest BCUT2D eigenvalue weighted by atomic mass is 9.63. The zero-order chi connectivity index (χ0) is 38.5. The lowest BCUT2D eigenvalue weighted by molar-refractivity contribution is 0.434. The average Bonchev–Trinajstić information content (AvgIpc) is 3.31. The highest BCUT2D eigenvalue weighted by atomic mass is 16.5. The van der Waals surface area contributed by atoms with Gasteiger partial charge in [0.2, 0.25) is 0 Å². The highest BCUT2D eigenvalue weighted by molar-refractivity contribution is 6.08. The van der Waals surface area contributed by atoms with Gasteiger partial charge in [-0.3, -0.25) is 0 Å². The fourth-order valence-corrected chi connectivity index (χ4v) is 8.97. The van der Waals surface area contributed by atoms with Crippen LogP contribution in [0, 0.1) is 0 Å². The summed E-state index contributed by atoms with van der Waals surface area (Å²) in [7, 11) is 0. The van der Waals surface area contributed by atoms with Gasteiger partial charge in [-0.25, -0.2) is 9.97 Å². The molecule has 0 atom stereocenters. The lowest BCUT2D eigenvalue weighted by Crippen LogP contribution is -2.34. The predicted molar refractivity (Wildman–Crippen MR) is 237 cm³/mol. The van der Waals surface area contributed by atoms with Crippen molar-refractivity contribution in [2.24, 2.45) is 0 Å². The number of para-hydroxylation sites is 2. The number of fused-ring (bicyclic) bond motifs is 5. The van der Waals surface area contributed by atoms with Crippen LogP contribution in [-0.2, 0) is 5.41 Å². The zero-order valence-corrected chi connectivity index (χ0v) is 31.6. The third kappa shape index (κ3) is 5.51. The van der Waals surface area contributed by atoms with Crippen molar-refractivity contribution < 1.29 is 4.74 Å². The van der Waals surface area contributed by atoms with E-state index in [2.05, 4.69) is 200 Å². The Labute approximate surface area is 337 Å². The average molecular weight is 741 g/mol. The summed E-state index contributed by atoms with van der Waals surface area (Å²) >= 11 is 0. The van der Waals surface area contributed by atoms with Crippen molar-refractivity contribution >= 4 is 21.5 Å². The Morgan fingerprint density at radius 2 is 0.914 bits per heavy atom. The molecule has 0 saturated carbocycles. The van der Waals surface area contributed by atoms with E-state index in [4.69, 9.17) is 14.7 Å². The van der Waals surface area contributed by atoms with Crippen LogP contribution in [0.5, 0.6) is 11.5 Å². The molecule has 0 fully saturated rings. The first-order valence-corrected chi connectivity index (χ1v) is 19.7. The number of hydrogen-bond donors (Lipinski definition) is 0. The number of hydrogen-bond acceptors (Lipinski definition) is 3. The molecule has 0 aliphatic carbocycles. The molecule has 11 rings (SSSR count). The third-order valence-corrected chi connectivity index (χ3v) is 11.6. The van der Waals surface area contributed by atoms with Crippen LogP contribution < -0.4 is 4.74 Å². The Kier molecular flexibility index (Phi) is 8.04. The van der Waals surface area contributed by atoms with Crippen molar-refractivity contribution in [1.82, 2.24) is 9.97 Å². The molecule has 10 aromatic rings. The summed E-state index contributed by atoms with van der Waals surface area (Å²) in [6.07, 6.45) is 0. The van der Waals surface area contributed by atoms with Crippen LogP contribution in [0.15, 0.2) is 218 Å². The van der Waals surface area contributed by atoms with Gasteiger partial charge in [0.05, 0.1) is 16.8 Å². The largest absolute Gasteiger partial charge is 0.457 e. The number of nitrogens with zero attached hydrogens (tertiary/aromatic N) is 2. The third-order valence-electron chi connectivity index (χ3n) is 11.6. The van der Waals surface area contributed by atoms with E-state index in [9.17, 15) is 0 Å². The van der Waals surface area contributed by atoms with Crippen LogP contribution in [0.4, 0.5) is 0 Å². The van der Waals surface area contributed by atoms with Gasteiger partial charge in [-0.05, 0) is 74.1 Å². The van der Waals surface area contributed by atoms with Crippen LogP contribution in [0.25, 0.3) is 66.6 Å². The van der Waals surface area contributed by atoms with Crippen molar-refractivity contribution in [3.05, 3.63) is 241 Å². The highest BCUT2D eigenvalue weighted by Crippen LogP contribution is 2.55. The molecule has 1 aliphatic heterocycles. The van der Waals surface area contributed by atoms with Crippen LogP contribution in [0.1, 0.15) is 22.3 Å². The minimum atomic E-state index is -0.629. The zero-order valence-electron chi connectivity index (χ0n) is 31.6. The summed E-state index contributed by atoms with van der Waals surface area (Å²) in [5.41, 5.74) is 10.9. The number of benzene rings is 9. The van der Waals surface area contributed by atoms with Crippen molar-refractivity contribution in [3.8, 4) is 56.5 Å². The molecule has 1 aromatic heterocycles. The maximum Gasteiger partial charge on any atom is 0.161 e. The van der Waals surface area contributed by atoms with Gasteiger partial charge < -0.3 is 4.74 Å². The Bertz CT molecular complexity index is 3110. The quantitative estimate of drug-likeness (QED) is 0.159. The first-order valence-electron chi connectivity index (χ1n) is 19.7. The molecule has 0 spiro atoms. The monoisotopic (exact) mass is 740 g/mol. The molecular formula is C55H36N2O. The van der Waals surface area contributed by atoms with E-state index in [1.54, 1.807) is 0 Å². The van der Waals surface area contributed by atoms with Crippen molar-refractivity contribution in [2.45, 2.75) is 5.41 Å². The van der Waals surface area contributed by atoms with Crippen LogP contribution in [0.3, 0.4) is 0 Å². The van der Waals surface area contributed by atoms with Crippen LogP contribution in [0.2, 0.25) is 0 Å². The van der Waals surface area contributed by atoms with E-state index in [1.807, 2.05) is 18.2 Å². The summed E-state index contributed by atoms with van der Waals surface area (Å²) < 4.78 is 6.59. The standard InChI is InChI=1S/C55H36N2O/c1-3-17-38(18-4-1)50-36-51(41-32-33-46-40(34-41)31-30-37-16-7-8-23-44(37)46)57-54(56-50)47-25-10-9-24-45(47)39-19-15-22-43(35-39)55(42-20-5-2-6-21-42)48-26-11-13-28-52(48)58-53-29-14-12-27-49(53)55/h1-36H. The van der Waals surface area contributed by atoms with Gasteiger partial charge in [0, 0.05) is 27.8 Å². The highest BCUT2D eigenvalue weighted by Gasteiger charge is 2.45. The van der Waals surface area contributed by atoms with Gasteiger partial charge in [0.15, 0.2) is 5.82 Å². The molecule has 0 amide bonds. The van der Waals surface area contributed by atoms with E-state index >= 15 is 0 Å². The molecule has 1 aliphatic rings. The second-order valence-electron chi connectivity index (χ2n) is 14.9. The second kappa shape index (κ2) is 13.8. The van der Waals surface area contributed by atoms with Gasteiger partial charge in [-0.1, -0.05) is 188 Å². The fraction of sp³-hybridized carbons (Fsp3) is 0.0182. The van der Waals surface area contributed by atoms with Crippen molar-refractivity contribution in [3.63, 3.8) is 0 Å². The molecule has 3 nitrogen and oxygen atoms in total. The predicted octanol–water partition coefficient (Wildman–Crippen LogP) is 13.9. The number of rotatable bonds is 6. The minimum absolute atomic E-state index is 0.629. The molecule has 2 heterocycles. The Balaban J connectivity index is 1.11. The van der Waals surface area contributed by atoms with Crippen molar-refractivity contribution in [2.75, 3.05) is 0 Å². The molecule has 0 unspecified atom stereocenters. The maximum absolute atomic E-state index is 6.59. The van der Waals surface area contributed by atoms with Crippen molar-refractivity contribution in [1.29, 1.82) is 0 Å². The molecule has 3 heteroatoms. The summed E-state index contributed by atoms with van der Waals surface area (Å²) in [6, 6.07) is 77.4. The van der Waals surface area contributed by atoms with Gasteiger partial charge >= 0.3 is 0 Å². The smallest absolute Gasteiger partial charge is 0.161 e. The first-order chi connectivity index (χ1) is 28.7. The normalized spacial score (nSPS) is 12.8. The van der Waals surface area contributed by atoms with E-state index in [-0.39, 0.29) is 0 Å². The van der Waals surface area contributed by atoms with Gasteiger partial charge in [0.1, 0.15) is 11.5 Å². The maximum atomic E-state index is 6.59. The molecule has 0 saturated heterocycles. The Morgan fingerprint density at radius 3 is 1.69 bits per heavy atom. The lowest BCUT2D eigenvalue weighted by Gasteiger charge is -2.41. The number of ether oxygens (including phenoxy) is 1. The molecular weight excluding hydrogens is 705 g/mol. The molecule has 0 bridgehead atoms. The van der Waals surface area contributed by atoms with Gasteiger partial charge in [-0.2, -0.15) is 0 Å². The molecule has 272 valence electrons. The summed E-state index contributed by atoms with van der Waals surface area (Å²) in [4.78, 5) is 10.7. The Morgan fingerprint density at radius 1 is 0.345 bits per heavy atom. The molecule has 58 heavy (non-hydrogen) atoms. The van der Waals surface area contributed by atoms with Gasteiger partial charge in [0.25, 0.3) is 0 Å². The fourth-order valence-electron chi connectivity index (χ4n) is 8.97. The van der Waals surface area contributed by atoms with Crippen LogP contribution >= 0.6 is 0 Å². The van der Waals surface area contributed by atoms with E-state index in [0.717, 1.165) is 67.4 Å². The molecule has 9 aromatic carbocycles. The SMILES string of the molecule is c1ccc(-c2cc(-c3ccc4c(ccc5ccccc54)c3)nc(-c3ccccc3-c3cccc(C4(c5ccccc5)c5ccccc5Oc5ccccc54)c3)n2)cc1. The van der Waals surface area contributed by atoms with E-state index < -0.39 is 5.41 Å². The van der Waals surface area contributed by atoms with Crippen LogP contribution in [-0.4, -0.2) is 9.97 Å². The summed E-state index contributed by atoms with van der Waals surface area (Å²) in [5, 5.41) is 4.89. The summed E-state index contributed by atoms with van der Waals surface area (Å²) in [5.74, 6) is 2.39. The molecule has 0 radical (unpaired) electrons. The number of aromatic nitrogens is 2. The van der Waals surface area contributed by atoms with E-state index in [0.29, 0.717) is 5.82 Å². The van der Waals surface area contributed by atoms with E-state index in [1.165, 1.54) is 27.1 Å². The topological polar surface area (TPSA) is 35.0 Å². The summed E-state index contributed by atoms with van der Waals surface area (Å²) in [6.45, 7) is 0. The molecule has 0 N–H and O–H groups in total. The second-order valence-corrected chi connectivity index (χ2v) is 14.9. The Hall–Kier alpha value is -7.62.